The van der Waals surface area contributed by atoms with Crippen molar-refractivity contribution in [1.29, 1.82) is 0 Å². The Morgan fingerprint density at radius 2 is 1.22 bits per heavy atom. The van der Waals surface area contributed by atoms with Gasteiger partial charge in [0.05, 0.1) is 51.4 Å². The molecule has 3 aromatic rings. The normalized spacial score (nSPS) is 35.9. The highest BCUT2D eigenvalue weighted by molar-refractivity contribution is 5.85. The lowest BCUT2D eigenvalue weighted by Gasteiger charge is -2.59. The molecule has 2 aromatic carbocycles. The molecule has 0 spiro atoms. The molecule has 4 heterocycles. The number of fused-ring (bicyclic) bond motifs is 1. The van der Waals surface area contributed by atoms with Crippen LogP contribution in [-0.2, 0) is 23.7 Å². The van der Waals surface area contributed by atoms with Gasteiger partial charge in [-0.1, -0.05) is 30.3 Å². The molecule has 0 unspecified atom stereocenters. The van der Waals surface area contributed by atoms with Gasteiger partial charge < -0.3 is 78.4 Å². The van der Waals surface area contributed by atoms with Crippen LogP contribution in [0, 0.1) is 5.92 Å². The number of carbonyl (C=O) groups is 1. The first-order valence-corrected chi connectivity index (χ1v) is 18.3. The van der Waals surface area contributed by atoms with Crippen LogP contribution >= 0.6 is 0 Å². The number of aliphatic hydroxyl groups is 8. The summed E-state index contributed by atoms with van der Waals surface area (Å²) in [4.78, 5) is 26.0. The molecule has 3 aliphatic heterocycles. The van der Waals surface area contributed by atoms with Crippen LogP contribution in [0.1, 0.15) is 28.7 Å². The van der Waals surface area contributed by atoms with Crippen molar-refractivity contribution in [3.8, 4) is 17.2 Å². The van der Waals surface area contributed by atoms with Crippen molar-refractivity contribution >= 4 is 12.0 Å². The minimum absolute atomic E-state index is 0.144. The highest BCUT2D eigenvalue weighted by Gasteiger charge is 2.69. The average molecular weight is 813 g/mol. The van der Waals surface area contributed by atoms with Crippen molar-refractivity contribution in [2.24, 2.45) is 5.92 Å². The van der Waals surface area contributed by atoms with E-state index in [9.17, 15) is 50.4 Å². The van der Waals surface area contributed by atoms with Crippen LogP contribution in [0.3, 0.4) is 0 Å². The van der Waals surface area contributed by atoms with Gasteiger partial charge in [-0.05, 0) is 41.5 Å². The fraction of sp³-hybridized carbons (Fsp3) is 0.450. The molecule has 8 N–H and O–H groups in total. The molecular weight excluding hydrogens is 768 g/mol. The third-order valence-corrected chi connectivity index (χ3v) is 11.0. The Kier molecular flexibility index (Phi) is 12.0. The summed E-state index contributed by atoms with van der Waals surface area (Å²) < 4.78 is 45.5. The van der Waals surface area contributed by atoms with Crippen molar-refractivity contribution in [2.45, 2.75) is 78.8 Å². The fourth-order valence-corrected chi connectivity index (χ4v) is 7.97. The highest BCUT2D eigenvalue weighted by Crippen LogP contribution is 2.66. The first-order chi connectivity index (χ1) is 27.8. The number of rotatable bonds is 12. The van der Waals surface area contributed by atoms with Crippen molar-refractivity contribution in [3.63, 3.8) is 0 Å². The van der Waals surface area contributed by atoms with Crippen LogP contribution in [-0.4, -0.2) is 141 Å². The molecule has 2 saturated heterocycles. The smallest absolute Gasteiger partial charge is 0.339 e. The molecule has 0 bridgehead atoms. The molecule has 58 heavy (non-hydrogen) atoms. The molecule has 1 saturated carbocycles. The summed E-state index contributed by atoms with van der Waals surface area (Å²) in [5.74, 6) is -1.71. The maximum absolute atomic E-state index is 13.2. The lowest BCUT2D eigenvalue weighted by atomic mass is 9.49. The summed E-state index contributed by atoms with van der Waals surface area (Å²) in [6.45, 7) is -1.25. The number of hydrogen-bond donors (Lipinski definition) is 8. The van der Waals surface area contributed by atoms with Crippen LogP contribution in [0.25, 0.3) is 6.08 Å². The van der Waals surface area contributed by atoms with Gasteiger partial charge in [-0.3, -0.25) is 0 Å². The Balaban J connectivity index is 1.20. The van der Waals surface area contributed by atoms with E-state index in [1.54, 1.807) is 60.7 Å². The predicted octanol–water partition coefficient (Wildman–Crippen LogP) is -0.958. The molecule has 4 aliphatic rings. The van der Waals surface area contributed by atoms with Gasteiger partial charge in [0.1, 0.15) is 77.6 Å². The molecule has 3 fully saturated rings. The summed E-state index contributed by atoms with van der Waals surface area (Å²) in [6.07, 6.45) is -10.1. The van der Waals surface area contributed by atoms with E-state index >= 15 is 0 Å². The third-order valence-electron chi connectivity index (χ3n) is 11.0. The SMILES string of the molecule is COC1=CC(=O)O[C@]2(C=Cc3ccc(O[C@@H]4O[C@H](CO)[C@@H](O)[C@H](O)[C@H]4O)cc3)[C@H]1[C@H](c1ccc(O[C@@H]3O[C@H](CO)[C@@H](O)[C@H](O)[C@H]3O)cc1)[C@H]2c1cc(OC)cc(=O)o1. The van der Waals surface area contributed by atoms with E-state index in [0.717, 1.165) is 0 Å². The first-order valence-electron chi connectivity index (χ1n) is 18.3. The molecule has 1 aliphatic carbocycles. The average Bonchev–Trinajstić information content (AvgIpc) is 3.22. The van der Waals surface area contributed by atoms with E-state index in [1.807, 2.05) is 0 Å². The number of hydrogen-bond acceptors (Lipinski definition) is 18. The Hall–Kier alpha value is -4.86. The number of ether oxygens (including phenoxy) is 7. The van der Waals surface area contributed by atoms with Crippen LogP contribution in [0.5, 0.6) is 17.2 Å². The molecule has 0 amide bonds. The second-order valence-electron chi connectivity index (χ2n) is 14.3. The molecule has 7 rings (SSSR count). The Morgan fingerprint density at radius 1 is 0.672 bits per heavy atom. The van der Waals surface area contributed by atoms with E-state index in [0.29, 0.717) is 11.1 Å². The van der Waals surface area contributed by atoms with E-state index < -0.39 is 110 Å². The van der Waals surface area contributed by atoms with Gasteiger partial charge in [0, 0.05) is 12.0 Å². The molecule has 14 atom stereocenters. The number of aliphatic hydroxyl groups excluding tert-OH is 8. The summed E-state index contributed by atoms with van der Waals surface area (Å²) in [5, 5.41) is 80.6. The van der Waals surface area contributed by atoms with Gasteiger partial charge in [-0.2, -0.15) is 0 Å². The van der Waals surface area contributed by atoms with Crippen molar-refractivity contribution in [3.05, 3.63) is 106 Å². The van der Waals surface area contributed by atoms with Crippen molar-refractivity contribution in [2.75, 3.05) is 27.4 Å². The maximum Gasteiger partial charge on any atom is 0.339 e. The minimum Gasteiger partial charge on any atom is -0.500 e. The fourth-order valence-electron chi connectivity index (χ4n) is 7.97. The lowest BCUT2D eigenvalue weighted by Crippen LogP contribution is -2.63. The lowest BCUT2D eigenvalue weighted by molar-refractivity contribution is -0.277. The van der Waals surface area contributed by atoms with E-state index in [1.165, 1.54) is 32.4 Å². The van der Waals surface area contributed by atoms with E-state index in [4.69, 9.17) is 37.6 Å². The number of carbonyl (C=O) groups excluding carboxylic acids is 1. The van der Waals surface area contributed by atoms with Crippen LogP contribution in [0.4, 0.5) is 0 Å². The van der Waals surface area contributed by atoms with Crippen molar-refractivity contribution < 1.29 is 83.2 Å². The molecule has 0 radical (unpaired) electrons. The summed E-state index contributed by atoms with van der Waals surface area (Å²) in [7, 11) is 2.81. The summed E-state index contributed by atoms with van der Waals surface area (Å²) in [5.41, 5.74) is -0.927. The molecule has 18 heteroatoms. The largest absolute Gasteiger partial charge is 0.500 e. The number of methoxy groups -OCH3 is 2. The zero-order valence-corrected chi connectivity index (χ0v) is 31.1. The second kappa shape index (κ2) is 16.8. The number of esters is 1. The molecule has 18 nitrogen and oxygen atoms in total. The Morgan fingerprint density at radius 3 is 1.74 bits per heavy atom. The van der Waals surface area contributed by atoms with Gasteiger partial charge in [-0.15, -0.1) is 0 Å². The zero-order valence-electron chi connectivity index (χ0n) is 31.1. The highest BCUT2D eigenvalue weighted by atomic mass is 16.7. The van der Waals surface area contributed by atoms with Crippen LogP contribution < -0.4 is 19.8 Å². The Bertz CT molecular complexity index is 2030. The predicted molar refractivity (Wildman–Crippen MR) is 195 cm³/mol. The molecule has 1 aromatic heterocycles. The number of benzene rings is 2. The maximum atomic E-state index is 13.2. The van der Waals surface area contributed by atoms with Crippen LogP contribution in [0.15, 0.2) is 87.8 Å². The summed E-state index contributed by atoms with van der Waals surface area (Å²) in [6, 6.07) is 15.7. The molecular formula is C40H44O18. The third kappa shape index (κ3) is 7.59. The second-order valence-corrected chi connectivity index (χ2v) is 14.3. The van der Waals surface area contributed by atoms with E-state index in [-0.39, 0.29) is 28.8 Å². The van der Waals surface area contributed by atoms with Crippen molar-refractivity contribution in [1.82, 2.24) is 0 Å². The first kappa shape index (κ1) is 41.3. The summed E-state index contributed by atoms with van der Waals surface area (Å²) >= 11 is 0. The molecule has 312 valence electrons. The van der Waals surface area contributed by atoms with Gasteiger partial charge in [-0.25, -0.2) is 9.59 Å². The monoisotopic (exact) mass is 812 g/mol. The minimum atomic E-state index is -1.64. The van der Waals surface area contributed by atoms with Gasteiger partial charge >= 0.3 is 11.6 Å². The van der Waals surface area contributed by atoms with Gasteiger partial charge in [0.2, 0.25) is 12.6 Å². The zero-order chi connectivity index (χ0) is 41.5. The topological polar surface area (TPSA) is 274 Å². The quantitative estimate of drug-likeness (QED) is 0.102. The van der Waals surface area contributed by atoms with E-state index in [2.05, 4.69) is 0 Å². The standard InChI is InChI=1S/C40H44O18/c1-51-22-13-24(55-27(43)14-22)31-29(19-5-9-21(10-6-19)54-39-37(50)35(48)33(46)26(17-42)57-39)30-23(52-2)15-28(44)58-40(30,31)12-11-18-3-7-20(8-4-18)53-38-36(49)34(47)32(45)25(16-41)56-38/h3-15,25-26,29-39,41-42,45-50H,16-17H2,1-2H3/t25-,26-,29+,30-,31-,32-,33-,34+,35+,36-,37-,38-,39-,40-/m1/s1. The van der Waals surface area contributed by atoms with Crippen LogP contribution in [0.2, 0.25) is 0 Å². The van der Waals surface area contributed by atoms with Gasteiger partial charge in [0.25, 0.3) is 0 Å². The Labute approximate surface area is 330 Å². The van der Waals surface area contributed by atoms with Gasteiger partial charge in [0.15, 0.2) is 5.60 Å².